The lowest BCUT2D eigenvalue weighted by molar-refractivity contribution is -0.160. The van der Waals surface area contributed by atoms with Gasteiger partial charge in [-0.3, -0.25) is 86.5 Å². The van der Waals surface area contributed by atoms with Crippen molar-refractivity contribution in [1.82, 2.24) is 93.2 Å². The van der Waals surface area contributed by atoms with Crippen LogP contribution in [-0.2, 0) is 90.9 Å². The number of nitrogens with one attached hydrogen (secondary N) is 12. The van der Waals surface area contributed by atoms with Crippen LogP contribution in [0.4, 0.5) is 19.2 Å². The van der Waals surface area contributed by atoms with E-state index in [1.807, 2.05) is 145 Å². The maximum atomic E-state index is 14.4. The number of ketones is 3. The van der Waals surface area contributed by atoms with Gasteiger partial charge in [0, 0.05) is 65.4 Å². The highest BCUT2D eigenvalue weighted by Crippen LogP contribution is 2.67. The predicted molar refractivity (Wildman–Crippen MR) is 538 cm³/mol. The summed E-state index contributed by atoms with van der Waals surface area (Å²) in [7, 11) is 0. The van der Waals surface area contributed by atoms with Crippen LogP contribution in [-0.4, -0.2) is 319 Å². The molecule has 0 bridgehead atoms. The number of nitrogens with zero attached hydrogens (tertiary/aromatic N) is 6. The Labute approximate surface area is 854 Å². The Kier molecular flexibility index (Phi) is 39.1. The second-order valence-corrected chi connectivity index (χ2v) is 48.8. The Morgan fingerprint density at radius 2 is 0.690 bits per heavy atom. The molecular weight excluding hydrogens is 1870 g/mol. The maximum absolute atomic E-state index is 14.4. The molecule has 0 aromatic heterocycles. The van der Waals surface area contributed by atoms with E-state index in [4.69, 9.17) is 14.2 Å². The molecule has 0 radical (unpaired) electrons. The van der Waals surface area contributed by atoms with E-state index in [1.165, 1.54) is 32.9 Å². The van der Waals surface area contributed by atoms with Crippen LogP contribution in [0, 0.1) is 90.2 Å². The molecule has 810 valence electrons. The highest BCUT2D eigenvalue weighted by molar-refractivity contribution is 6.39. The van der Waals surface area contributed by atoms with Crippen molar-refractivity contribution in [1.29, 1.82) is 0 Å². The van der Waals surface area contributed by atoms with Crippen LogP contribution >= 0.6 is 0 Å². The van der Waals surface area contributed by atoms with Crippen LogP contribution < -0.4 is 63.8 Å². The summed E-state index contributed by atoms with van der Waals surface area (Å²) >= 11 is 0. The van der Waals surface area contributed by atoms with Crippen molar-refractivity contribution in [2.24, 2.45) is 90.2 Å². The number of rotatable bonds is 40. The van der Waals surface area contributed by atoms with Gasteiger partial charge in [-0.05, 0) is 116 Å². The van der Waals surface area contributed by atoms with Crippen LogP contribution in [0.25, 0.3) is 0 Å². The molecule has 41 heteroatoms. The first-order chi connectivity index (χ1) is 67.1. The Hall–Kier alpha value is -11.3. The van der Waals surface area contributed by atoms with Gasteiger partial charge in [0.25, 0.3) is 41.4 Å². The molecule has 6 saturated heterocycles. The van der Waals surface area contributed by atoms with Crippen LogP contribution in [0.2, 0.25) is 0 Å². The third-order valence-electron chi connectivity index (χ3n) is 30.3. The van der Waals surface area contributed by atoms with Gasteiger partial charge in [0.05, 0.1) is 42.9 Å². The molecule has 6 aliphatic heterocycles. The number of ether oxygens (including phenoxy) is 3. The fourth-order valence-corrected chi connectivity index (χ4v) is 20.4. The van der Waals surface area contributed by atoms with Gasteiger partial charge < -0.3 is 97.6 Å². The van der Waals surface area contributed by atoms with E-state index >= 15 is 0 Å². The van der Waals surface area contributed by atoms with Crippen molar-refractivity contribution in [2.45, 2.75) is 310 Å². The number of morpholine rings is 2. The van der Waals surface area contributed by atoms with Gasteiger partial charge in [0.1, 0.15) is 62.7 Å². The third kappa shape index (κ3) is 29.8. The zero-order valence-electron chi connectivity index (χ0n) is 90.4. The number of piperidine rings is 3. The van der Waals surface area contributed by atoms with Crippen LogP contribution in [0.15, 0.2) is 38.0 Å². The highest BCUT2D eigenvalue weighted by atomic mass is 16.6. The van der Waals surface area contributed by atoms with E-state index in [0.717, 1.165) is 29.1 Å². The molecule has 0 aromatic carbocycles. The van der Waals surface area contributed by atoms with E-state index in [-0.39, 0.29) is 136 Å². The van der Waals surface area contributed by atoms with E-state index in [1.54, 1.807) is 25.7 Å². The molecule has 6 heterocycles. The normalized spacial score (nSPS) is 24.1. The number of fused-ring (bicyclic) bond motifs is 3. The molecule has 20 amide bonds. The van der Waals surface area contributed by atoms with Crippen molar-refractivity contribution in [3.8, 4) is 0 Å². The third-order valence-corrected chi connectivity index (χ3v) is 30.3. The Bertz CT molecular complexity index is 4850. The molecule has 10 fully saturated rings. The number of hydrogen-bond acceptors (Lipinski definition) is 23. The van der Waals surface area contributed by atoms with Crippen LogP contribution in [0.1, 0.15) is 238 Å². The second-order valence-electron chi connectivity index (χ2n) is 48.8. The number of hydrogen-bond donors (Lipinski definition) is 12. The van der Waals surface area contributed by atoms with Gasteiger partial charge in [0.2, 0.25) is 52.8 Å². The van der Waals surface area contributed by atoms with Gasteiger partial charge in [-0.25, -0.2) is 19.2 Å². The summed E-state index contributed by atoms with van der Waals surface area (Å²) in [4.78, 5) is 273. The molecule has 10 rings (SSSR count). The molecule has 12 N–H and O–H groups in total. The molecule has 3 unspecified atom stereocenters. The first-order valence-electron chi connectivity index (χ1n) is 51.2. The minimum absolute atomic E-state index is 0.0381. The van der Waals surface area contributed by atoms with Gasteiger partial charge in [0.15, 0.2) is 0 Å². The standard InChI is InChI=1S/C35H54N6O8.C35H56N6O8.C34H56N6O7/c1-10-13-36-30(46)27(44)21(14-19-11-12-19)37-29(45)26-25-20(35(25,8)9)15-41(26)31(47)28(34(5,6)7)39-32(48)38-22(33(2,3)4)16-40-23(42)17-49-18-24(40)43;1-11-13-14-21(27(44)30(46)36-15-12-2)37-29(45)26-25-20(35(25,9)10)16-41(26)31(47)28(34(6,7)8)39-32(48)38-22(33(3,4)5)17-40-23(42)18-49-19-24(40)43;1-11-14-21(25(41)28(43)35-15-12-2)36-27(42)24-23-20(34(23,9)10)18-40(24)29(44)26(33(6,7)8)38-30(45)37-22(32(3,4)5)19-39-16-13-17-47-31(39)46/h10,19-22,25-26,28H,1,11-18H2,2-9H3,(H,36,46)(H,37,45)(H2,38,39,48);12,20-22,25-26,28H,2,11,13-19H2,1,3-10H3,(H,36,46)(H,37,45)(H2,38,39,48);12,20-24,26H,2,11,13-19H2,1,3-10H3,(H,35,43)(H,36,42)(H2,37,38,45)/t2*20-,21?,22+,25-,26-,28+;20-,21?,22+,23-,24-,26+/m000/s1. The molecule has 0 spiro atoms. The number of likely N-dealkylation sites (tertiary alicyclic amines) is 3. The van der Waals surface area contributed by atoms with Crippen molar-refractivity contribution in [3.63, 3.8) is 0 Å². The fourth-order valence-electron chi connectivity index (χ4n) is 20.4. The monoisotopic (exact) mass is 2040 g/mol. The maximum Gasteiger partial charge on any atom is 0.409 e. The van der Waals surface area contributed by atoms with E-state index in [9.17, 15) is 95.9 Å². The molecule has 10 aliphatic rings. The van der Waals surface area contributed by atoms with Gasteiger partial charge >= 0.3 is 24.2 Å². The molecule has 41 nitrogen and oxygen atoms in total. The number of urea groups is 3. The summed E-state index contributed by atoms with van der Waals surface area (Å²) < 4.78 is 15.2. The number of carbonyl (C=O) groups is 20. The van der Waals surface area contributed by atoms with E-state index < -0.39 is 223 Å². The van der Waals surface area contributed by atoms with E-state index in [2.05, 4.69) is 97.4 Å². The summed E-state index contributed by atoms with van der Waals surface area (Å²) in [5.41, 5.74) is -4.48. The largest absolute Gasteiger partial charge is 0.449 e. The molecule has 4 saturated carbocycles. The Balaban J connectivity index is 0.000000266. The molecular formula is C104H166N18O23. The van der Waals surface area contributed by atoms with Crippen molar-refractivity contribution in [3.05, 3.63) is 38.0 Å². The average molecular weight is 2040 g/mol. The van der Waals surface area contributed by atoms with Gasteiger partial charge in [-0.15, -0.1) is 19.7 Å². The molecule has 18 atom stereocenters. The number of cyclic esters (lactones) is 1. The number of amides is 20. The van der Waals surface area contributed by atoms with Crippen LogP contribution in [0.5, 0.6) is 0 Å². The first kappa shape index (κ1) is 119. The minimum Gasteiger partial charge on any atom is -0.449 e. The predicted octanol–water partition coefficient (Wildman–Crippen LogP) is 5.27. The zero-order valence-corrected chi connectivity index (χ0v) is 90.4. The SMILES string of the molecule is C=CCNC(=O)C(=O)C(CC1CC1)NC(=O)[C@@H]1[C@@H]2[C@H](CN1C(=O)[C@@H](NC(=O)N[C@H](CN1C(=O)COCC1=O)C(C)(C)C)C(C)(C)C)C2(C)C.C=CCNC(=O)C(=O)C(CCC)NC(=O)[C@@H]1[C@@H]2[C@H](CN1C(=O)[C@@H](NC(=O)N[C@H](CN1CCCOC1=O)C(C)(C)C)C(C)(C)C)C2(C)C.C=CCNC(=O)C(=O)C(CCCC)NC(=O)[C@@H]1[C@@H]2[C@H](CN1C(=O)[C@@H](NC(=O)N[C@H](CN1C(=O)COCC1=O)C(C)(C)C)C(C)(C)C)C2(C)C. The highest BCUT2D eigenvalue weighted by Gasteiger charge is 2.73. The Morgan fingerprint density at radius 1 is 0.393 bits per heavy atom. The van der Waals surface area contributed by atoms with Gasteiger partial charge in [-0.1, -0.05) is 230 Å². The number of carbonyl (C=O) groups excluding carboxylic acids is 20. The average Bonchev–Trinajstić information content (AvgIpc) is 1.53. The molecule has 4 aliphatic carbocycles. The fraction of sp³-hybridized carbons (Fsp3) is 0.750. The quantitative estimate of drug-likeness (QED) is 0.0211. The van der Waals surface area contributed by atoms with Gasteiger partial charge in [-0.2, -0.15) is 0 Å². The minimum atomic E-state index is -1.06. The van der Waals surface area contributed by atoms with E-state index in [0.29, 0.717) is 58.5 Å². The number of Topliss-reactive ketones (excluding diaryl/α,β-unsaturated/α-hetero) is 3. The van der Waals surface area contributed by atoms with Crippen molar-refractivity contribution >= 4 is 118 Å². The lowest BCUT2D eigenvalue weighted by Crippen LogP contribution is -2.63. The first-order valence-corrected chi connectivity index (χ1v) is 51.2. The molecule has 0 aromatic rings. The summed E-state index contributed by atoms with van der Waals surface area (Å²) in [6, 6.07) is -12.5. The van der Waals surface area contributed by atoms with Crippen molar-refractivity contribution in [2.75, 3.05) is 98.5 Å². The summed E-state index contributed by atoms with van der Waals surface area (Å²) in [5, 5.41) is 33.2. The summed E-state index contributed by atoms with van der Waals surface area (Å²) in [5.74, 6) is -9.49. The topological polar surface area (TPSA) is 533 Å². The summed E-state index contributed by atoms with van der Waals surface area (Å²) in [6.45, 7) is 61.5. The number of unbranched alkanes of at least 4 members (excludes halogenated alkanes) is 1. The van der Waals surface area contributed by atoms with Crippen molar-refractivity contribution < 1.29 is 110 Å². The zero-order chi connectivity index (χ0) is 109. The summed E-state index contributed by atoms with van der Waals surface area (Å²) in [6.07, 6.45) is 9.26. The second kappa shape index (κ2) is 47.7. The number of imide groups is 2. The Morgan fingerprint density at radius 3 is 0.966 bits per heavy atom. The smallest absolute Gasteiger partial charge is 0.409 e. The van der Waals surface area contributed by atoms with Crippen LogP contribution in [0.3, 0.4) is 0 Å². The lowest BCUT2D eigenvalue weighted by atomic mass is 9.84. The lowest BCUT2D eigenvalue weighted by Gasteiger charge is -2.39. The molecule has 145 heavy (non-hydrogen) atoms.